The second-order valence-corrected chi connectivity index (χ2v) is 7.86. The van der Waals surface area contributed by atoms with Crippen LogP contribution in [0.2, 0.25) is 10.0 Å². The minimum Gasteiger partial charge on any atom is -0.489 e. The largest absolute Gasteiger partial charge is 0.489 e. The van der Waals surface area contributed by atoms with Gasteiger partial charge in [-0.15, -0.1) is 0 Å². The molecular formula is C21H17Cl2O2P. The van der Waals surface area contributed by atoms with Gasteiger partial charge in [-0.25, -0.2) is 0 Å². The lowest BCUT2D eigenvalue weighted by Crippen LogP contribution is -2.06. The summed E-state index contributed by atoms with van der Waals surface area (Å²) in [6.45, 7) is 2.48. The zero-order valence-electron chi connectivity index (χ0n) is 14.1. The molecule has 132 valence electrons. The molecule has 26 heavy (non-hydrogen) atoms. The Bertz CT molecular complexity index is 906. The molecule has 3 aromatic carbocycles. The summed E-state index contributed by atoms with van der Waals surface area (Å²) in [6.07, 6.45) is 0. The molecule has 0 N–H and O–H groups in total. The topological polar surface area (TPSA) is 26.3 Å². The minimum atomic E-state index is -0.0679. The molecule has 1 unspecified atom stereocenters. The van der Waals surface area contributed by atoms with E-state index in [4.69, 9.17) is 27.9 Å². The summed E-state index contributed by atoms with van der Waals surface area (Å²) >= 11 is 12.3. The molecule has 0 spiro atoms. The highest BCUT2D eigenvalue weighted by Gasteiger charge is 2.16. The maximum Gasteiger partial charge on any atom is 0.188 e. The van der Waals surface area contributed by atoms with E-state index in [0.29, 0.717) is 22.2 Å². The first-order chi connectivity index (χ1) is 12.5. The molecule has 0 bridgehead atoms. The fraction of sp³-hybridized carbons (Fsp3) is 0.0952. The fourth-order valence-corrected chi connectivity index (χ4v) is 4.31. The molecule has 0 aliphatic rings. The summed E-state index contributed by atoms with van der Waals surface area (Å²) in [5, 5.41) is 1.73. The molecule has 2 nitrogen and oxygen atoms in total. The highest BCUT2D eigenvalue weighted by molar-refractivity contribution is 7.66. The monoisotopic (exact) mass is 402 g/mol. The summed E-state index contributed by atoms with van der Waals surface area (Å²) in [5.41, 5.74) is 2.43. The third-order valence-corrected chi connectivity index (χ3v) is 5.82. The van der Waals surface area contributed by atoms with Gasteiger partial charge in [0.15, 0.2) is 5.52 Å². The van der Waals surface area contributed by atoms with E-state index in [9.17, 15) is 4.79 Å². The summed E-state index contributed by atoms with van der Waals surface area (Å²) in [7, 11) is -0.0448. The second kappa shape index (κ2) is 8.68. The van der Waals surface area contributed by atoms with Crippen molar-refractivity contribution >= 4 is 42.6 Å². The van der Waals surface area contributed by atoms with Crippen molar-refractivity contribution in [1.82, 2.24) is 0 Å². The number of ether oxygens (including phenoxy) is 1. The van der Waals surface area contributed by atoms with Crippen molar-refractivity contribution in [2.45, 2.75) is 13.5 Å². The van der Waals surface area contributed by atoms with Crippen LogP contribution in [0.3, 0.4) is 0 Å². The summed E-state index contributed by atoms with van der Waals surface area (Å²) < 4.78 is 5.83. The average Bonchev–Trinajstić information content (AvgIpc) is 2.63. The smallest absolute Gasteiger partial charge is 0.188 e. The Kier molecular flexibility index (Phi) is 6.32. The van der Waals surface area contributed by atoms with Crippen LogP contribution in [0.4, 0.5) is 0 Å². The van der Waals surface area contributed by atoms with E-state index in [1.165, 1.54) is 0 Å². The van der Waals surface area contributed by atoms with Crippen LogP contribution in [0.25, 0.3) is 0 Å². The van der Waals surface area contributed by atoms with Crippen LogP contribution in [0, 0.1) is 6.92 Å². The van der Waals surface area contributed by atoms with Gasteiger partial charge in [0.1, 0.15) is 12.4 Å². The molecule has 0 saturated carbocycles. The standard InChI is InChI=1S/C21H17Cl2O2P/c1-14-12-16(25-13-15-6-3-2-4-7-15)10-11-19(14)26-21(24)20-17(22)8-5-9-18(20)23/h2-12,26H,13H2,1H3. The van der Waals surface area contributed by atoms with Crippen molar-refractivity contribution < 1.29 is 9.53 Å². The lowest BCUT2D eigenvalue weighted by molar-refractivity contribution is 0.108. The molecule has 1 atom stereocenters. The van der Waals surface area contributed by atoms with E-state index >= 15 is 0 Å². The van der Waals surface area contributed by atoms with Gasteiger partial charge in [0.2, 0.25) is 0 Å². The summed E-state index contributed by atoms with van der Waals surface area (Å²) in [4.78, 5) is 12.6. The Balaban J connectivity index is 1.70. The molecule has 0 heterocycles. The Morgan fingerprint density at radius 3 is 2.31 bits per heavy atom. The van der Waals surface area contributed by atoms with E-state index in [2.05, 4.69) is 0 Å². The van der Waals surface area contributed by atoms with Crippen LogP contribution < -0.4 is 10.0 Å². The highest BCUT2D eigenvalue weighted by atomic mass is 35.5. The molecule has 0 aliphatic carbocycles. The first kappa shape index (κ1) is 18.9. The molecule has 3 rings (SSSR count). The molecule has 0 aromatic heterocycles. The summed E-state index contributed by atoms with van der Waals surface area (Å²) in [6, 6.07) is 20.9. The van der Waals surface area contributed by atoms with E-state index < -0.39 is 0 Å². The minimum absolute atomic E-state index is 0.0448. The van der Waals surface area contributed by atoms with Gasteiger partial charge >= 0.3 is 0 Å². The highest BCUT2D eigenvalue weighted by Crippen LogP contribution is 2.31. The van der Waals surface area contributed by atoms with Crippen LogP contribution in [0.5, 0.6) is 5.75 Å². The van der Waals surface area contributed by atoms with Gasteiger partial charge in [-0.2, -0.15) is 0 Å². The number of benzene rings is 3. The van der Waals surface area contributed by atoms with Crippen molar-refractivity contribution in [2.24, 2.45) is 0 Å². The molecule has 0 amide bonds. The first-order valence-corrected chi connectivity index (χ1v) is 9.83. The Hall–Kier alpha value is -1.86. The predicted molar refractivity (Wildman–Crippen MR) is 111 cm³/mol. The lowest BCUT2D eigenvalue weighted by Gasteiger charge is -2.11. The van der Waals surface area contributed by atoms with Gasteiger partial charge in [0.05, 0.1) is 15.6 Å². The predicted octanol–water partition coefficient (Wildman–Crippen LogP) is 6.03. The molecule has 0 fully saturated rings. The van der Waals surface area contributed by atoms with E-state index in [-0.39, 0.29) is 14.1 Å². The Morgan fingerprint density at radius 1 is 0.962 bits per heavy atom. The summed E-state index contributed by atoms with van der Waals surface area (Å²) in [5.74, 6) is 0.781. The number of rotatable bonds is 6. The van der Waals surface area contributed by atoms with Gasteiger partial charge in [-0.1, -0.05) is 65.7 Å². The molecule has 5 heteroatoms. The van der Waals surface area contributed by atoms with Crippen molar-refractivity contribution in [2.75, 3.05) is 0 Å². The van der Waals surface area contributed by atoms with Gasteiger partial charge < -0.3 is 4.74 Å². The van der Waals surface area contributed by atoms with Crippen LogP contribution in [0.15, 0.2) is 66.7 Å². The number of carbonyl (C=O) groups excluding carboxylic acids is 1. The van der Waals surface area contributed by atoms with Crippen LogP contribution in [-0.4, -0.2) is 5.52 Å². The number of halogens is 2. The van der Waals surface area contributed by atoms with Crippen molar-refractivity contribution in [3.63, 3.8) is 0 Å². The average molecular weight is 403 g/mol. The first-order valence-electron chi connectivity index (χ1n) is 8.07. The van der Waals surface area contributed by atoms with Crippen LogP contribution in [0.1, 0.15) is 21.5 Å². The molecule has 0 saturated heterocycles. The van der Waals surface area contributed by atoms with E-state index in [0.717, 1.165) is 22.2 Å². The number of carbonyl (C=O) groups is 1. The van der Waals surface area contributed by atoms with E-state index in [1.54, 1.807) is 18.2 Å². The number of aryl methyl sites for hydroxylation is 1. The normalized spacial score (nSPS) is 11.0. The van der Waals surface area contributed by atoms with Crippen molar-refractivity contribution in [1.29, 1.82) is 0 Å². The number of hydrogen-bond acceptors (Lipinski definition) is 2. The van der Waals surface area contributed by atoms with Crippen molar-refractivity contribution in [3.8, 4) is 5.75 Å². The van der Waals surface area contributed by atoms with Gasteiger partial charge in [-0.05, 0) is 56.2 Å². The quantitative estimate of drug-likeness (QED) is 0.470. The zero-order chi connectivity index (χ0) is 18.5. The van der Waals surface area contributed by atoms with Gasteiger partial charge in [0.25, 0.3) is 0 Å². The third-order valence-electron chi connectivity index (χ3n) is 3.88. The lowest BCUT2D eigenvalue weighted by atomic mass is 10.2. The second-order valence-electron chi connectivity index (χ2n) is 5.80. The van der Waals surface area contributed by atoms with Gasteiger partial charge in [0, 0.05) is 0 Å². The zero-order valence-corrected chi connectivity index (χ0v) is 16.6. The molecule has 0 aliphatic heterocycles. The molecule has 3 aromatic rings. The fourth-order valence-electron chi connectivity index (χ4n) is 2.51. The van der Waals surface area contributed by atoms with Crippen LogP contribution in [-0.2, 0) is 6.61 Å². The SMILES string of the molecule is Cc1cc(OCc2ccccc2)ccc1PC(=O)c1c(Cl)cccc1Cl. The van der Waals surface area contributed by atoms with Crippen LogP contribution >= 0.6 is 31.8 Å². The third kappa shape index (κ3) is 4.65. The Labute approximate surface area is 164 Å². The molecular weight excluding hydrogens is 386 g/mol. The maximum absolute atomic E-state index is 12.6. The molecule has 0 radical (unpaired) electrons. The number of hydrogen-bond donors (Lipinski definition) is 0. The van der Waals surface area contributed by atoms with Crippen molar-refractivity contribution in [3.05, 3.63) is 93.5 Å². The Morgan fingerprint density at radius 2 is 1.65 bits per heavy atom. The van der Waals surface area contributed by atoms with E-state index in [1.807, 2.05) is 55.5 Å². The maximum atomic E-state index is 12.6. The van der Waals surface area contributed by atoms with Gasteiger partial charge in [-0.3, -0.25) is 4.79 Å².